The van der Waals surface area contributed by atoms with Gasteiger partial charge in [0.25, 0.3) is 5.91 Å². The van der Waals surface area contributed by atoms with Crippen LogP contribution in [0.3, 0.4) is 0 Å². The average molecular weight is 476 g/mol. The maximum absolute atomic E-state index is 13.5. The Balaban J connectivity index is 1.72. The van der Waals surface area contributed by atoms with Gasteiger partial charge in [-0.05, 0) is 78.0 Å². The van der Waals surface area contributed by atoms with Crippen molar-refractivity contribution < 1.29 is 13.9 Å². The largest absolute Gasteiger partial charge is 0.375 e. The highest BCUT2D eigenvalue weighted by Crippen LogP contribution is 2.30. The van der Waals surface area contributed by atoms with E-state index in [-0.39, 0.29) is 18.3 Å². The highest BCUT2D eigenvalue weighted by Gasteiger charge is 2.21. The first-order valence-electron chi connectivity index (χ1n) is 12.4. The van der Waals surface area contributed by atoms with Crippen molar-refractivity contribution in [1.82, 2.24) is 9.88 Å². The van der Waals surface area contributed by atoms with E-state index in [1.807, 2.05) is 29.2 Å². The zero-order valence-electron chi connectivity index (χ0n) is 20.5. The number of ether oxygens (including phenoxy) is 1. The Morgan fingerprint density at radius 1 is 0.914 bits per heavy atom. The Morgan fingerprint density at radius 2 is 1.63 bits per heavy atom. The normalized spacial score (nSPS) is 15.7. The molecule has 1 aromatic heterocycles. The second-order valence-electron chi connectivity index (χ2n) is 9.16. The first-order chi connectivity index (χ1) is 17.1. The zero-order chi connectivity index (χ0) is 24.5. The predicted molar refractivity (Wildman–Crippen MR) is 138 cm³/mol. The number of anilines is 1. The molecule has 6 heteroatoms. The Hall–Kier alpha value is -3.09. The molecule has 1 aliphatic heterocycles. The van der Waals surface area contributed by atoms with Crippen LogP contribution in [0.15, 0.2) is 67.0 Å². The summed E-state index contributed by atoms with van der Waals surface area (Å²) >= 11 is 0. The van der Waals surface area contributed by atoms with Gasteiger partial charge >= 0.3 is 0 Å². The lowest BCUT2D eigenvalue weighted by Gasteiger charge is -2.30. The SMILES string of the molecule is COCC(=O)N1CCCCCCCN(Cc2ccc(F)cc2)Cc2cc(-c3ccncc3)ccc21. The molecule has 0 saturated carbocycles. The van der Waals surface area contributed by atoms with Gasteiger partial charge in [-0.2, -0.15) is 0 Å². The van der Waals surface area contributed by atoms with Crippen molar-refractivity contribution in [3.05, 3.63) is 83.9 Å². The smallest absolute Gasteiger partial charge is 0.252 e. The van der Waals surface area contributed by atoms with Crippen LogP contribution >= 0.6 is 0 Å². The van der Waals surface area contributed by atoms with Crippen LogP contribution in [0.5, 0.6) is 0 Å². The summed E-state index contributed by atoms with van der Waals surface area (Å²) in [6.45, 7) is 3.11. The van der Waals surface area contributed by atoms with Crippen LogP contribution in [0.4, 0.5) is 10.1 Å². The van der Waals surface area contributed by atoms with E-state index in [0.717, 1.165) is 73.1 Å². The molecule has 0 N–H and O–H groups in total. The van der Waals surface area contributed by atoms with Crippen LogP contribution in [-0.2, 0) is 22.6 Å². The van der Waals surface area contributed by atoms with E-state index in [1.165, 1.54) is 12.1 Å². The summed E-state index contributed by atoms with van der Waals surface area (Å²) < 4.78 is 18.7. The number of halogens is 1. The number of pyridine rings is 1. The number of hydrogen-bond acceptors (Lipinski definition) is 4. The molecule has 0 radical (unpaired) electrons. The molecule has 0 unspecified atom stereocenters. The van der Waals surface area contributed by atoms with Crippen molar-refractivity contribution in [3.63, 3.8) is 0 Å². The van der Waals surface area contributed by atoms with Crippen LogP contribution in [0, 0.1) is 5.82 Å². The number of methoxy groups -OCH3 is 1. The van der Waals surface area contributed by atoms with E-state index in [4.69, 9.17) is 4.74 Å². The maximum atomic E-state index is 13.5. The topological polar surface area (TPSA) is 45.7 Å². The van der Waals surface area contributed by atoms with Crippen molar-refractivity contribution in [2.24, 2.45) is 0 Å². The van der Waals surface area contributed by atoms with E-state index in [0.29, 0.717) is 13.1 Å². The van der Waals surface area contributed by atoms with Crippen LogP contribution in [0.1, 0.15) is 43.2 Å². The molecule has 0 bridgehead atoms. The minimum atomic E-state index is -0.220. The molecule has 2 aromatic carbocycles. The highest BCUT2D eigenvalue weighted by molar-refractivity contribution is 5.95. The number of nitrogens with zero attached hydrogens (tertiary/aromatic N) is 3. The molecule has 2 heterocycles. The number of hydrogen-bond donors (Lipinski definition) is 0. The van der Waals surface area contributed by atoms with Crippen molar-refractivity contribution in [1.29, 1.82) is 0 Å². The lowest BCUT2D eigenvalue weighted by Crippen LogP contribution is -2.36. The third kappa shape index (κ3) is 6.96. The first kappa shape index (κ1) is 25.0. The van der Waals surface area contributed by atoms with Gasteiger partial charge in [0.2, 0.25) is 0 Å². The second-order valence-corrected chi connectivity index (χ2v) is 9.16. The fourth-order valence-corrected chi connectivity index (χ4v) is 4.72. The van der Waals surface area contributed by atoms with Gasteiger partial charge in [0.05, 0.1) is 0 Å². The molecule has 0 aliphatic carbocycles. The number of aromatic nitrogens is 1. The molecule has 5 nitrogen and oxygen atoms in total. The monoisotopic (exact) mass is 475 g/mol. The molecular weight excluding hydrogens is 441 g/mol. The average Bonchev–Trinajstić information content (AvgIpc) is 2.87. The fraction of sp³-hybridized carbons (Fsp3) is 0.379. The zero-order valence-corrected chi connectivity index (χ0v) is 20.5. The quantitative estimate of drug-likeness (QED) is 0.466. The molecule has 0 spiro atoms. The summed E-state index contributed by atoms with van der Waals surface area (Å²) in [4.78, 5) is 21.5. The summed E-state index contributed by atoms with van der Waals surface area (Å²) in [5.41, 5.74) is 5.31. The Bertz CT molecular complexity index is 1090. The second kappa shape index (κ2) is 12.6. The molecule has 0 fully saturated rings. The number of carbonyl (C=O) groups excluding carboxylic acids is 1. The van der Waals surface area contributed by atoms with Crippen LogP contribution in [0.2, 0.25) is 0 Å². The number of carbonyl (C=O) groups is 1. The summed E-state index contributed by atoms with van der Waals surface area (Å²) in [6, 6.07) is 17.1. The van der Waals surface area contributed by atoms with Gasteiger partial charge < -0.3 is 9.64 Å². The maximum Gasteiger partial charge on any atom is 0.252 e. The lowest BCUT2D eigenvalue weighted by molar-refractivity contribution is -0.122. The minimum absolute atomic E-state index is 0.0208. The molecule has 184 valence electrons. The summed E-state index contributed by atoms with van der Waals surface area (Å²) in [5.74, 6) is -0.241. The highest BCUT2D eigenvalue weighted by atomic mass is 19.1. The predicted octanol–water partition coefficient (Wildman–Crippen LogP) is 5.83. The molecule has 1 amide bonds. The van der Waals surface area contributed by atoms with Gasteiger partial charge in [0.15, 0.2) is 0 Å². The van der Waals surface area contributed by atoms with E-state index in [1.54, 1.807) is 19.5 Å². The van der Waals surface area contributed by atoms with Gasteiger partial charge in [0, 0.05) is 44.8 Å². The Labute approximate surface area is 207 Å². The van der Waals surface area contributed by atoms with Crippen LogP contribution in [-0.4, -0.2) is 42.6 Å². The molecule has 1 aliphatic rings. The van der Waals surface area contributed by atoms with Gasteiger partial charge in [-0.15, -0.1) is 0 Å². The summed E-state index contributed by atoms with van der Waals surface area (Å²) in [5, 5.41) is 0. The number of benzene rings is 2. The summed E-state index contributed by atoms with van der Waals surface area (Å²) in [6.07, 6.45) is 9.10. The van der Waals surface area contributed by atoms with E-state index in [9.17, 15) is 9.18 Å². The molecule has 4 rings (SSSR count). The van der Waals surface area contributed by atoms with Gasteiger partial charge in [-0.25, -0.2) is 4.39 Å². The number of rotatable bonds is 5. The van der Waals surface area contributed by atoms with Gasteiger partial charge in [-0.1, -0.05) is 37.5 Å². The van der Waals surface area contributed by atoms with Gasteiger partial charge in [-0.3, -0.25) is 14.7 Å². The minimum Gasteiger partial charge on any atom is -0.375 e. The van der Waals surface area contributed by atoms with Crippen LogP contribution < -0.4 is 4.90 Å². The molecule has 35 heavy (non-hydrogen) atoms. The number of fused-ring (bicyclic) bond motifs is 1. The van der Waals surface area contributed by atoms with Crippen molar-refractivity contribution in [3.8, 4) is 11.1 Å². The Morgan fingerprint density at radius 3 is 2.37 bits per heavy atom. The van der Waals surface area contributed by atoms with E-state index >= 15 is 0 Å². The van der Waals surface area contributed by atoms with Crippen molar-refractivity contribution >= 4 is 11.6 Å². The Kier molecular flexibility index (Phi) is 8.98. The molecule has 0 atom stereocenters. The third-order valence-electron chi connectivity index (χ3n) is 6.52. The lowest BCUT2D eigenvalue weighted by atomic mass is 10.0. The van der Waals surface area contributed by atoms with Crippen molar-refractivity contribution in [2.75, 3.05) is 31.7 Å². The van der Waals surface area contributed by atoms with E-state index in [2.05, 4.69) is 28.1 Å². The van der Waals surface area contributed by atoms with Crippen molar-refractivity contribution in [2.45, 2.75) is 45.2 Å². The standard InChI is InChI=1S/C29H34FN3O2/c1-35-22-29(34)33-18-6-4-2-3-5-17-32(20-23-7-10-27(30)11-8-23)21-26-19-25(9-12-28(26)33)24-13-15-31-16-14-24/h7-16,19H,2-6,17-18,20-22H2,1H3. The third-order valence-corrected chi connectivity index (χ3v) is 6.52. The fourth-order valence-electron chi connectivity index (χ4n) is 4.72. The van der Waals surface area contributed by atoms with E-state index < -0.39 is 0 Å². The molecule has 0 saturated heterocycles. The first-order valence-corrected chi connectivity index (χ1v) is 12.4. The van der Waals surface area contributed by atoms with Crippen LogP contribution in [0.25, 0.3) is 11.1 Å². The summed E-state index contributed by atoms with van der Waals surface area (Å²) in [7, 11) is 1.56. The van der Waals surface area contributed by atoms with Gasteiger partial charge in [0.1, 0.15) is 12.4 Å². The molecule has 3 aromatic rings. The number of amides is 1. The molecular formula is C29H34FN3O2.